The summed E-state index contributed by atoms with van der Waals surface area (Å²) in [5, 5.41) is 3.00. The lowest BCUT2D eigenvalue weighted by Crippen LogP contribution is -2.43. The lowest BCUT2D eigenvalue weighted by molar-refractivity contribution is -0.140. The van der Waals surface area contributed by atoms with E-state index in [2.05, 4.69) is 12.2 Å². The van der Waals surface area contributed by atoms with Gasteiger partial charge < -0.3 is 14.8 Å². The summed E-state index contributed by atoms with van der Waals surface area (Å²) < 4.78 is 11.8. The van der Waals surface area contributed by atoms with Gasteiger partial charge in [0, 0.05) is 12.3 Å². The van der Waals surface area contributed by atoms with Crippen LogP contribution in [0.15, 0.2) is 48.5 Å². The van der Waals surface area contributed by atoms with Gasteiger partial charge in [-0.05, 0) is 56.0 Å². The second-order valence-electron chi connectivity index (χ2n) is 7.04. The Balaban J connectivity index is 2.02. The van der Waals surface area contributed by atoms with Gasteiger partial charge in [0.05, 0.1) is 0 Å². The monoisotopic (exact) mass is 369 g/mol. The molecule has 2 rings (SSSR count). The molecule has 1 amide bonds. The molecule has 146 valence electrons. The van der Waals surface area contributed by atoms with Gasteiger partial charge in [0.25, 0.3) is 5.91 Å². The van der Waals surface area contributed by atoms with Crippen molar-refractivity contribution in [1.82, 2.24) is 0 Å². The highest BCUT2D eigenvalue weighted by molar-refractivity contribution is 5.97. The van der Waals surface area contributed by atoms with E-state index in [0.29, 0.717) is 19.6 Å². The summed E-state index contributed by atoms with van der Waals surface area (Å²) in [6.07, 6.45) is 2.47. The van der Waals surface area contributed by atoms with Crippen molar-refractivity contribution in [3.63, 3.8) is 0 Å². The Bertz CT molecular complexity index is 730. The quantitative estimate of drug-likeness (QED) is 0.602. The molecule has 2 aromatic carbocycles. The molecular formula is C23H31NO3. The lowest BCUT2D eigenvalue weighted by atomic mass is 9.98. The van der Waals surface area contributed by atoms with E-state index < -0.39 is 5.60 Å². The first kappa shape index (κ1) is 21.0. The van der Waals surface area contributed by atoms with Gasteiger partial charge >= 0.3 is 0 Å². The number of hydrogen-bond acceptors (Lipinski definition) is 3. The maximum atomic E-state index is 12.8. The lowest BCUT2D eigenvalue weighted by Gasteiger charge is -2.28. The standard InChI is InChI=1S/C23H31NO3/c1-5-14-23(4,27-15-6-2)22(25)24-20-12-13-21(18(3)16-20)26-17-19-10-8-7-9-11-19/h7-13,16H,5-6,14-15,17H2,1-4H3,(H,24,25)/t23-/m1/s1. The molecule has 0 saturated heterocycles. The van der Waals surface area contributed by atoms with Crippen LogP contribution in [-0.4, -0.2) is 18.1 Å². The van der Waals surface area contributed by atoms with Crippen molar-refractivity contribution in [3.05, 3.63) is 59.7 Å². The van der Waals surface area contributed by atoms with Crippen LogP contribution in [0.4, 0.5) is 5.69 Å². The molecule has 27 heavy (non-hydrogen) atoms. The number of anilines is 1. The molecule has 0 saturated carbocycles. The molecule has 4 heteroatoms. The van der Waals surface area contributed by atoms with Crippen LogP contribution in [0.3, 0.4) is 0 Å². The van der Waals surface area contributed by atoms with Crippen LogP contribution < -0.4 is 10.1 Å². The molecule has 0 bridgehead atoms. The van der Waals surface area contributed by atoms with E-state index in [0.717, 1.165) is 35.4 Å². The van der Waals surface area contributed by atoms with Crippen molar-refractivity contribution >= 4 is 11.6 Å². The van der Waals surface area contributed by atoms with E-state index in [1.54, 1.807) is 0 Å². The fraction of sp³-hybridized carbons (Fsp3) is 0.435. The molecule has 2 aromatic rings. The van der Waals surface area contributed by atoms with Gasteiger partial charge in [0.15, 0.2) is 0 Å². The van der Waals surface area contributed by atoms with Crippen molar-refractivity contribution in [2.45, 2.75) is 59.2 Å². The molecule has 0 spiro atoms. The highest BCUT2D eigenvalue weighted by Gasteiger charge is 2.33. The smallest absolute Gasteiger partial charge is 0.256 e. The zero-order valence-electron chi connectivity index (χ0n) is 16.9. The Labute approximate surface area is 162 Å². The highest BCUT2D eigenvalue weighted by Crippen LogP contribution is 2.25. The zero-order chi connectivity index (χ0) is 19.7. The van der Waals surface area contributed by atoms with Crippen molar-refractivity contribution in [2.24, 2.45) is 0 Å². The van der Waals surface area contributed by atoms with Crippen LogP contribution in [0.2, 0.25) is 0 Å². The Kier molecular flexibility index (Phi) is 7.86. The van der Waals surface area contributed by atoms with E-state index in [4.69, 9.17) is 9.47 Å². The average molecular weight is 370 g/mol. The number of hydrogen-bond donors (Lipinski definition) is 1. The Morgan fingerprint density at radius 1 is 1.07 bits per heavy atom. The molecule has 1 atom stereocenters. The van der Waals surface area contributed by atoms with Gasteiger partial charge in [-0.25, -0.2) is 0 Å². The maximum absolute atomic E-state index is 12.8. The molecule has 0 aliphatic heterocycles. The predicted octanol–water partition coefficient (Wildman–Crippen LogP) is 5.50. The van der Waals surface area contributed by atoms with Crippen molar-refractivity contribution in [1.29, 1.82) is 0 Å². The number of amides is 1. The number of ether oxygens (including phenoxy) is 2. The molecule has 1 N–H and O–H groups in total. The Morgan fingerprint density at radius 2 is 1.81 bits per heavy atom. The van der Waals surface area contributed by atoms with Crippen molar-refractivity contribution in [3.8, 4) is 5.75 Å². The summed E-state index contributed by atoms with van der Waals surface area (Å²) in [4.78, 5) is 12.8. The molecule has 0 heterocycles. The summed E-state index contributed by atoms with van der Waals surface area (Å²) in [5.74, 6) is 0.713. The molecule has 0 unspecified atom stereocenters. The van der Waals surface area contributed by atoms with Gasteiger partial charge in [-0.3, -0.25) is 4.79 Å². The zero-order valence-corrected chi connectivity index (χ0v) is 16.9. The van der Waals surface area contributed by atoms with Crippen LogP contribution in [0, 0.1) is 6.92 Å². The fourth-order valence-corrected chi connectivity index (χ4v) is 2.94. The third-order valence-electron chi connectivity index (χ3n) is 4.50. The Morgan fingerprint density at radius 3 is 2.44 bits per heavy atom. The average Bonchev–Trinajstić information content (AvgIpc) is 2.67. The van der Waals surface area contributed by atoms with Crippen molar-refractivity contribution in [2.75, 3.05) is 11.9 Å². The van der Waals surface area contributed by atoms with Crippen molar-refractivity contribution < 1.29 is 14.3 Å². The van der Waals surface area contributed by atoms with E-state index in [-0.39, 0.29) is 5.91 Å². The topological polar surface area (TPSA) is 47.6 Å². The molecule has 0 aliphatic carbocycles. The number of carbonyl (C=O) groups excluding carboxylic acids is 1. The van der Waals surface area contributed by atoms with E-state index in [9.17, 15) is 4.79 Å². The molecule has 0 radical (unpaired) electrons. The third kappa shape index (κ3) is 6.10. The molecule has 0 aliphatic rings. The van der Waals surface area contributed by atoms with Crippen LogP contribution in [0.25, 0.3) is 0 Å². The minimum absolute atomic E-state index is 0.102. The van der Waals surface area contributed by atoms with E-state index >= 15 is 0 Å². The molecular weight excluding hydrogens is 338 g/mol. The SMILES string of the molecule is CCCO[C@](C)(CCC)C(=O)Nc1ccc(OCc2ccccc2)c(C)c1. The number of benzene rings is 2. The van der Waals surface area contributed by atoms with Gasteiger partial charge in [-0.15, -0.1) is 0 Å². The number of carbonyl (C=O) groups is 1. The van der Waals surface area contributed by atoms with Crippen LogP contribution in [0.5, 0.6) is 5.75 Å². The minimum Gasteiger partial charge on any atom is -0.489 e. The van der Waals surface area contributed by atoms with Crippen LogP contribution >= 0.6 is 0 Å². The number of aryl methyl sites for hydroxylation is 1. The van der Waals surface area contributed by atoms with Gasteiger partial charge in [0.1, 0.15) is 18.0 Å². The van der Waals surface area contributed by atoms with Gasteiger partial charge in [-0.1, -0.05) is 50.6 Å². The summed E-state index contributed by atoms with van der Waals surface area (Å²) in [5.41, 5.74) is 2.06. The van der Waals surface area contributed by atoms with Gasteiger partial charge in [0.2, 0.25) is 0 Å². The van der Waals surface area contributed by atoms with Crippen LogP contribution in [0.1, 0.15) is 51.2 Å². The van der Waals surface area contributed by atoms with Gasteiger partial charge in [-0.2, -0.15) is 0 Å². The first-order valence-electron chi connectivity index (χ1n) is 9.71. The normalized spacial score (nSPS) is 13.0. The second-order valence-corrected chi connectivity index (χ2v) is 7.04. The third-order valence-corrected chi connectivity index (χ3v) is 4.50. The maximum Gasteiger partial charge on any atom is 0.256 e. The first-order chi connectivity index (χ1) is 13.0. The first-order valence-corrected chi connectivity index (χ1v) is 9.71. The molecule has 0 fully saturated rings. The molecule has 0 aromatic heterocycles. The fourth-order valence-electron chi connectivity index (χ4n) is 2.94. The minimum atomic E-state index is -0.804. The van der Waals surface area contributed by atoms with E-state index in [1.807, 2.05) is 69.3 Å². The predicted molar refractivity (Wildman–Crippen MR) is 110 cm³/mol. The van der Waals surface area contributed by atoms with E-state index in [1.165, 1.54) is 0 Å². The Hall–Kier alpha value is -2.33. The summed E-state index contributed by atoms with van der Waals surface area (Å²) in [7, 11) is 0. The largest absolute Gasteiger partial charge is 0.489 e. The number of nitrogens with one attached hydrogen (secondary N) is 1. The summed E-state index contributed by atoms with van der Waals surface area (Å²) >= 11 is 0. The van der Waals surface area contributed by atoms with Crippen LogP contribution in [-0.2, 0) is 16.1 Å². The second kappa shape index (κ2) is 10.1. The number of rotatable bonds is 10. The molecule has 4 nitrogen and oxygen atoms in total. The summed E-state index contributed by atoms with van der Waals surface area (Å²) in [6.45, 7) is 9.05. The highest BCUT2D eigenvalue weighted by atomic mass is 16.5. The summed E-state index contributed by atoms with van der Waals surface area (Å²) in [6, 6.07) is 15.8.